The van der Waals surface area contributed by atoms with Gasteiger partial charge < -0.3 is 10.0 Å². The molecular weight excluding hydrogens is 234 g/mol. The Labute approximate surface area is 105 Å². The van der Waals surface area contributed by atoms with E-state index >= 15 is 0 Å². The number of amides is 1. The van der Waals surface area contributed by atoms with Crippen molar-refractivity contribution in [2.75, 3.05) is 13.1 Å². The fraction of sp³-hybridized carbons (Fsp3) is 0.417. The van der Waals surface area contributed by atoms with E-state index in [9.17, 15) is 9.59 Å². The number of likely N-dealkylation sites (tertiary alicyclic amines) is 1. The Hall–Kier alpha value is -2.11. The maximum absolute atomic E-state index is 11.8. The van der Waals surface area contributed by atoms with Gasteiger partial charge in [0.2, 0.25) is 5.91 Å². The highest BCUT2D eigenvalue weighted by atomic mass is 16.4. The smallest absolute Gasteiger partial charge is 0.328 e. The van der Waals surface area contributed by atoms with Crippen molar-refractivity contribution in [2.45, 2.75) is 19.4 Å². The predicted molar refractivity (Wildman–Crippen MR) is 64.7 cm³/mol. The molecule has 6 nitrogen and oxygen atoms in total. The summed E-state index contributed by atoms with van der Waals surface area (Å²) in [5, 5.41) is 12.5. The molecule has 0 radical (unpaired) electrons. The molecule has 0 aromatic carbocycles. The summed E-state index contributed by atoms with van der Waals surface area (Å²) in [5.74, 6) is -0.944. The fourth-order valence-electron chi connectivity index (χ4n) is 1.92. The molecule has 18 heavy (non-hydrogen) atoms. The molecule has 0 spiro atoms. The van der Waals surface area contributed by atoms with Crippen molar-refractivity contribution in [1.82, 2.24) is 14.7 Å². The largest absolute Gasteiger partial charge is 0.478 e. The summed E-state index contributed by atoms with van der Waals surface area (Å²) in [5.41, 5.74) is 0.673. The molecule has 1 N–H and O–H groups in total. The zero-order valence-electron chi connectivity index (χ0n) is 9.95. The van der Waals surface area contributed by atoms with E-state index in [0.717, 1.165) is 32.0 Å². The second-order valence-electron chi connectivity index (χ2n) is 4.23. The van der Waals surface area contributed by atoms with Gasteiger partial charge in [-0.1, -0.05) is 0 Å². The van der Waals surface area contributed by atoms with E-state index in [1.165, 1.54) is 17.0 Å². The molecule has 1 fully saturated rings. The third-order valence-corrected chi connectivity index (χ3v) is 2.83. The van der Waals surface area contributed by atoms with Gasteiger partial charge in [0.1, 0.15) is 6.54 Å². The highest BCUT2D eigenvalue weighted by Gasteiger charge is 2.18. The standard InChI is InChI=1S/C12H15N3O3/c16-11(14-5-1-2-6-14)9-15-8-10(7-13-15)3-4-12(17)18/h3-4,7-8H,1-2,5-6,9H2,(H,17,18)/b4-3+. The molecule has 96 valence electrons. The Bertz CT molecular complexity index is 473. The van der Waals surface area contributed by atoms with Gasteiger partial charge in [-0.2, -0.15) is 5.10 Å². The number of aromatic nitrogens is 2. The van der Waals surface area contributed by atoms with Crippen LogP contribution < -0.4 is 0 Å². The van der Waals surface area contributed by atoms with Crippen molar-refractivity contribution in [1.29, 1.82) is 0 Å². The van der Waals surface area contributed by atoms with Crippen LogP contribution in [0.25, 0.3) is 6.08 Å². The third-order valence-electron chi connectivity index (χ3n) is 2.83. The zero-order chi connectivity index (χ0) is 13.0. The molecule has 0 saturated carbocycles. The lowest BCUT2D eigenvalue weighted by molar-refractivity contribution is -0.132. The van der Waals surface area contributed by atoms with Gasteiger partial charge in [0.05, 0.1) is 6.20 Å². The van der Waals surface area contributed by atoms with Crippen molar-refractivity contribution in [2.24, 2.45) is 0 Å². The number of rotatable bonds is 4. The van der Waals surface area contributed by atoms with Crippen LogP contribution in [0.4, 0.5) is 0 Å². The minimum atomic E-state index is -1.00. The molecule has 0 unspecified atom stereocenters. The van der Waals surface area contributed by atoms with Crippen molar-refractivity contribution in [3.05, 3.63) is 24.0 Å². The average molecular weight is 249 g/mol. The number of carbonyl (C=O) groups excluding carboxylic acids is 1. The first-order valence-corrected chi connectivity index (χ1v) is 5.86. The molecule has 2 heterocycles. The number of aliphatic carboxylic acids is 1. The first kappa shape index (κ1) is 12.3. The Morgan fingerprint density at radius 2 is 2.11 bits per heavy atom. The molecule has 1 aromatic rings. The summed E-state index contributed by atoms with van der Waals surface area (Å²) in [6, 6.07) is 0. The van der Waals surface area contributed by atoms with Gasteiger partial charge in [-0.25, -0.2) is 4.79 Å². The second kappa shape index (κ2) is 5.48. The summed E-state index contributed by atoms with van der Waals surface area (Å²) in [4.78, 5) is 24.0. The molecule has 1 aromatic heterocycles. The van der Waals surface area contributed by atoms with Crippen molar-refractivity contribution in [3.8, 4) is 0 Å². The maximum Gasteiger partial charge on any atom is 0.328 e. The van der Waals surface area contributed by atoms with E-state index < -0.39 is 5.97 Å². The number of carbonyl (C=O) groups is 2. The number of carboxylic acids is 1. The van der Waals surface area contributed by atoms with Crippen LogP contribution in [-0.4, -0.2) is 44.8 Å². The normalized spacial score (nSPS) is 15.4. The fourth-order valence-corrected chi connectivity index (χ4v) is 1.92. The average Bonchev–Trinajstić information content (AvgIpc) is 2.97. The van der Waals surface area contributed by atoms with E-state index in [0.29, 0.717) is 5.56 Å². The number of hydrogen-bond acceptors (Lipinski definition) is 3. The first-order chi connectivity index (χ1) is 8.65. The molecule has 1 saturated heterocycles. The van der Waals surface area contributed by atoms with Gasteiger partial charge in [-0.05, 0) is 18.9 Å². The Balaban J connectivity index is 1.93. The lowest BCUT2D eigenvalue weighted by atomic mass is 10.3. The highest BCUT2D eigenvalue weighted by molar-refractivity contribution is 5.85. The summed E-state index contributed by atoms with van der Waals surface area (Å²) in [7, 11) is 0. The minimum absolute atomic E-state index is 0.0596. The van der Waals surface area contributed by atoms with Gasteiger partial charge in [0, 0.05) is 30.9 Å². The van der Waals surface area contributed by atoms with Crippen LogP contribution in [0.3, 0.4) is 0 Å². The molecule has 2 rings (SSSR count). The van der Waals surface area contributed by atoms with E-state index in [-0.39, 0.29) is 12.5 Å². The number of hydrogen-bond donors (Lipinski definition) is 1. The summed E-state index contributed by atoms with van der Waals surface area (Å²) in [6.45, 7) is 1.86. The summed E-state index contributed by atoms with van der Waals surface area (Å²) in [6.07, 6.45) is 7.83. The van der Waals surface area contributed by atoms with E-state index in [2.05, 4.69) is 5.10 Å². The molecule has 1 amide bonds. The molecule has 0 atom stereocenters. The Morgan fingerprint density at radius 1 is 1.39 bits per heavy atom. The van der Waals surface area contributed by atoms with Crippen LogP contribution >= 0.6 is 0 Å². The molecule has 1 aliphatic heterocycles. The van der Waals surface area contributed by atoms with Gasteiger partial charge in [-0.15, -0.1) is 0 Å². The lowest BCUT2D eigenvalue weighted by Gasteiger charge is -2.14. The van der Waals surface area contributed by atoms with Gasteiger partial charge >= 0.3 is 5.97 Å². The summed E-state index contributed by atoms with van der Waals surface area (Å²) >= 11 is 0. The minimum Gasteiger partial charge on any atom is -0.478 e. The number of carboxylic acid groups (broad SMARTS) is 1. The quantitative estimate of drug-likeness (QED) is 0.793. The van der Waals surface area contributed by atoms with Crippen LogP contribution in [0.2, 0.25) is 0 Å². The predicted octanol–water partition coefficient (Wildman–Crippen LogP) is 0.603. The van der Waals surface area contributed by atoms with Crippen molar-refractivity contribution >= 4 is 18.0 Å². The van der Waals surface area contributed by atoms with Gasteiger partial charge in [0.15, 0.2) is 0 Å². The van der Waals surface area contributed by atoms with Gasteiger partial charge in [0.25, 0.3) is 0 Å². The monoisotopic (exact) mass is 249 g/mol. The van der Waals surface area contributed by atoms with Gasteiger partial charge in [-0.3, -0.25) is 9.48 Å². The van der Waals surface area contributed by atoms with E-state index in [4.69, 9.17) is 5.11 Å². The Kier molecular flexibility index (Phi) is 3.76. The molecular formula is C12H15N3O3. The van der Waals surface area contributed by atoms with E-state index in [1.807, 2.05) is 4.90 Å². The highest BCUT2D eigenvalue weighted by Crippen LogP contribution is 2.08. The van der Waals surface area contributed by atoms with Crippen LogP contribution in [0.15, 0.2) is 18.5 Å². The lowest BCUT2D eigenvalue weighted by Crippen LogP contribution is -2.31. The van der Waals surface area contributed by atoms with Crippen LogP contribution in [0.5, 0.6) is 0 Å². The second-order valence-corrected chi connectivity index (χ2v) is 4.23. The molecule has 0 bridgehead atoms. The molecule has 1 aliphatic rings. The first-order valence-electron chi connectivity index (χ1n) is 5.86. The molecule has 0 aliphatic carbocycles. The summed E-state index contributed by atoms with van der Waals surface area (Å²) < 4.78 is 1.53. The van der Waals surface area contributed by atoms with Crippen LogP contribution in [0, 0.1) is 0 Å². The maximum atomic E-state index is 11.8. The SMILES string of the molecule is O=C(O)/C=C/c1cnn(CC(=O)N2CCCC2)c1. The van der Waals surface area contributed by atoms with Crippen molar-refractivity contribution in [3.63, 3.8) is 0 Å². The Morgan fingerprint density at radius 3 is 2.78 bits per heavy atom. The van der Waals surface area contributed by atoms with Crippen LogP contribution in [0.1, 0.15) is 18.4 Å². The zero-order valence-corrected chi connectivity index (χ0v) is 9.95. The topological polar surface area (TPSA) is 75.4 Å². The van der Waals surface area contributed by atoms with Crippen LogP contribution in [-0.2, 0) is 16.1 Å². The third kappa shape index (κ3) is 3.19. The van der Waals surface area contributed by atoms with Crippen molar-refractivity contribution < 1.29 is 14.7 Å². The number of nitrogens with zero attached hydrogens (tertiary/aromatic N) is 3. The molecule has 6 heteroatoms. The van der Waals surface area contributed by atoms with E-state index in [1.54, 1.807) is 6.20 Å².